The molecule has 1 saturated heterocycles. The molecular weight excluding hydrogens is 357 g/mol. The maximum Gasteiger partial charge on any atom is 0.213 e. The zero-order valence-corrected chi connectivity index (χ0v) is 15.3. The molecule has 0 spiro atoms. The van der Waals surface area contributed by atoms with Crippen molar-refractivity contribution in [1.82, 2.24) is 9.97 Å². The Hall–Kier alpha value is -3.12. The molecule has 5 nitrogen and oxygen atoms in total. The van der Waals surface area contributed by atoms with Gasteiger partial charge in [-0.3, -0.25) is 4.79 Å². The van der Waals surface area contributed by atoms with Crippen molar-refractivity contribution in [3.8, 4) is 22.3 Å². The quantitative estimate of drug-likeness (QED) is 0.543. The van der Waals surface area contributed by atoms with E-state index in [4.69, 9.17) is 10.5 Å². The van der Waals surface area contributed by atoms with Crippen molar-refractivity contribution in [3.63, 3.8) is 0 Å². The van der Waals surface area contributed by atoms with Crippen molar-refractivity contribution < 1.29 is 13.9 Å². The van der Waals surface area contributed by atoms with E-state index in [9.17, 15) is 9.18 Å². The van der Waals surface area contributed by atoms with Crippen molar-refractivity contribution in [2.24, 2.45) is 0 Å². The largest absolute Gasteiger partial charge is 0.383 e. The highest BCUT2D eigenvalue weighted by molar-refractivity contribution is 5.84. The van der Waals surface area contributed by atoms with Crippen LogP contribution in [0, 0.1) is 5.95 Å². The van der Waals surface area contributed by atoms with Gasteiger partial charge in [-0.15, -0.1) is 0 Å². The number of pyridine rings is 2. The normalized spacial score (nSPS) is 14.8. The first-order valence-corrected chi connectivity index (χ1v) is 9.20. The number of benzene rings is 1. The minimum atomic E-state index is -0.577. The first kappa shape index (κ1) is 18.3. The minimum Gasteiger partial charge on any atom is -0.383 e. The molecule has 28 heavy (non-hydrogen) atoms. The van der Waals surface area contributed by atoms with E-state index >= 15 is 0 Å². The van der Waals surface area contributed by atoms with Crippen LogP contribution in [0.5, 0.6) is 0 Å². The molecule has 0 atom stereocenters. The Morgan fingerprint density at radius 3 is 2.61 bits per heavy atom. The molecule has 0 amide bonds. The number of nitrogen functional groups attached to an aromatic ring is 1. The lowest BCUT2D eigenvalue weighted by molar-refractivity contribution is 0.0849. The van der Waals surface area contributed by atoms with Crippen LogP contribution in [0.1, 0.15) is 34.7 Å². The summed E-state index contributed by atoms with van der Waals surface area (Å²) in [5.74, 6) is 0.0676. The molecule has 3 heterocycles. The summed E-state index contributed by atoms with van der Waals surface area (Å²) in [7, 11) is 0. The van der Waals surface area contributed by atoms with E-state index in [2.05, 4.69) is 9.97 Å². The van der Waals surface area contributed by atoms with E-state index in [1.165, 1.54) is 12.3 Å². The van der Waals surface area contributed by atoms with Crippen molar-refractivity contribution in [1.29, 1.82) is 0 Å². The third-order valence-electron chi connectivity index (χ3n) is 5.16. The van der Waals surface area contributed by atoms with Crippen molar-refractivity contribution >= 4 is 12.1 Å². The van der Waals surface area contributed by atoms with Gasteiger partial charge in [0.05, 0.1) is 0 Å². The van der Waals surface area contributed by atoms with Gasteiger partial charge in [0, 0.05) is 48.4 Å². The number of ether oxygens (including phenoxy) is 1. The molecule has 0 bridgehead atoms. The van der Waals surface area contributed by atoms with E-state index in [1.54, 1.807) is 12.3 Å². The molecule has 0 unspecified atom stereocenters. The second-order valence-corrected chi connectivity index (χ2v) is 6.87. The fraction of sp³-hybridized carbons (Fsp3) is 0.227. The molecule has 142 valence electrons. The Bertz CT molecular complexity index is 1020. The molecular formula is C22H20FN3O2. The van der Waals surface area contributed by atoms with Gasteiger partial charge in [-0.25, -0.2) is 9.97 Å². The number of hydrogen-bond acceptors (Lipinski definition) is 5. The molecule has 3 aromatic rings. The monoisotopic (exact) mass is 377 g/mol. The third kappa shape index (κ3) is 3.64. The summed E-state index contributed by atoms with van der Waals surface area (Å²) in [5.41, 5.74) is 10.6. The van der Waals surface area contributed by atoms with E-state index in [-0.39, 0.29) is 0 Å². The number of carbonyl (C=O) groups is 1. The summed E-state index contributed by atoms with van der Waals surface area (Å²) in [6, 6.07) is 10.7. The number of rotatable bonds is 4. The maximum absolute atomic E-state index is 13.5. The van der Waals surface area contributed by atoms with Crippen LogP contribution in [0.15, 0.2) is 48.8 Å². The van der Waals surface area contributed by atoms with Gasteiger partial charge in [-0.1, -0.05) is 12.1 Å². The summed E-state index contributed by atoms with van der Waals surface area (Å²) in [5, 5.41) is 0. The number of halogens is 1. The van der Waals surface area contributed by atoms with Crippen LogP contribution in [-0.2, 0) is 4.74 Å². The maximum atomic E-state index is 13.5. The Labute approximate surface area is 162 Å². The number of nitrogens with two attached hydrogens (primary N) is 1. The molecule has 2 aromatic heterocycles. The average molecular weight is 377 g/mol. The number of nitrogens with zero attached hydrogens (tertiary/aromatic N) is 2. The molecule has 0 radical (unpaired) electrons. The summed E-state index contributed by atoms with van der Waals surface area (Å²) in [4.78, 5) is 19.6. The van der Waals surface area contributed by atoms with Crippen LogP contribution in [0.25, 0.3) is 22.3 Å². The summed E-state index contributed by atoms with van der Waals surface area (Å²) in [6.07, 6.45) is 5.79. The fourth-order valence-electron chi connectivity index (χ4n) is 3.67. The average Bonchev–Trinajstić information content (AvgIpc) is 2.74. The minimum absolute atomic E-state index is 0.309. The van der Waals surface area contributed by atoms with E-state index in [0.29, 0.717) is 28.4 Å². The second-order valence-electron chi connectivity index (χ2n) is 6.87. The van der Waals surface area contributed by atoms with Crippen molar-refractivity contribution in [2.45, 2.75) is 18.8 Å². The third-order valence-corrected chi connectivity index (χ3v) is 5.16. The van der Waals surface area contributed by atoms with Crippen LogP contribution in [-0.4, -0.2) is 29.5 Å². The molecule has 1 aliphatic rings. The van der Waals surface area contributed by atoms with E-state index < -0.39 is 5.95 Å². The molecule has 1 aliphatic heterocycles. The lowest BCUT2D eigenvalue weighted by atomic mass is 9.87. The van der Waals surface area contributed by atoms with Crippen LogP contribution in [0.3, 0.4) is 0 Å². The second kappa shape index (κ2) is 7.86. The highest BCUT2D eigenvalue weighted by Gasteiger charge is 2.19. The molecule has 6 heteroatoms. The predicted molar refractivity (Wildman–Crippen MR) is 105 cm³/mol. The van der Waals surface area contributed by atoms with E-state index in [0.717, 1.165) is 49.0 Å². The summed E-state index contributed by atoms with van der Waals surface area (Å²) < 4.78 is 18.9. The van der Waals surface area contributed by atoms with Gasteiger partial charge in [0.1, 0.15) is 12.1 Å². The van der Waals surface area contributed by atoms with Gasteiger partial charge in [0.15, 0.2) is 0 Å². The van der Waals surface area contributed by atoms with Gasteiger partial charge in [-0.05, 0) is 53.6 Å². The zero-order valence-electron chi connectivity index (χ0n) is 15.3. The first-order valence-electron chi connectivity index (χ1n) is 9.20. The number of aldehydes is 1. The van der Waals surface area contributed by atoms with E-state index in [1.807, 2.05) is 24.3 Å². The highest BCUT2D eigenvalue weighted by atomic mass is 19.1. The van der Waals surface area contributed by atoms with Gasteiger partial charge in [-0.2, -0.15) is 4.39 Å². The Morgan fingerprint density at radius 1 is 1.04 bits per heavy atom. The standard InChI is InChI=1S/C22H20FN3O2/c23-21-11-16(3-6-25-21)20-10-17(12-26-22(20)24)15-1-2-19(18(9-15)13-27)14-4-7-28-8-5-14/h1-3,6,9-14H,4-5,7-8H2,(H2,24,26). The van der Waals surface area contributed by atoms with Gasteiger partial charge in [0.2, 0.25) is 5.95 Å². The molecule has 1 aromatic carbocycles. The smallest absolute Gasteiger partial charge is 0.213 e. The summed E-state index contributed by atoms with van der Waals surface area (Å²) in [6.45, 7) is 1.44. The van der Waals surface area contributed by atoms with Crippen LogP contribution >= 0.6 is 0 Å². The Balaban J connectivity index is 1.73. The summed E-state index contributed by atoms with van der Waals surface area (Å²) >= 11 is 0. The topological polar surface area (TPSA) is 78.1 Å². The molecule has 4 rings (SSSR count). The lowest BCUT2D eigenvalue weighted by Crippen LogP contribution is -2.15. The highest BCUT2D eigenvalue weighted by Crippen LogP contribution is 2.33. The molecule has 1 fully saturated rings. The van der Waals surface area contributed by atoms with Crippen LogP contribution < -0.4 is 5.73 Å². The van der Waals surface area contributed by atoms with Crippen molar-refractivity contribution in [3.05, 3.63) is 65.9 Å². The van der Waals surface area contributed by atoms with Crippen LogP contribution in [0.4, 0.5) is 10.2 Å². The zero-order chi connectivity index (χ0) is 19.5. The fourth-order valence-corrected chi connectivity index (χ4v) is 3.67. The SMILES string of the molecule is Nc1ncc(-c2ccc(C3CCOCC3)c(C=O)c2)cc1-c1ccnc(F)c1. The number of aromatic nitrogens is 2. The number of anilines is 1. The van der Waals surface area contributed by atoms with Gasteiger partial charge < -0.3 is 10.5 Å². The van der Waals surface area contributed by atoms with Crippen molar-refractivity contribution in [2.75, 3.05) is 18.9 Å². The van der Waals surface area contributed by atoms with Gasteiger partial charge >= 0.3 is 0 Å². The van der Waals surface area contributed by atoms with Crippen LogP contribution in [0.2, 0.25) is 0 Å². The predicted octanol–water partition coefficient (Wildman–Crippen LogP) is 4.24. The first-order chi connectivity index (χ1) is 13.7. The molecule has 0 aliphatic carbocycles. The Kier molecular flexibility index (Phi) is 5.12. The van der Waals surface area contributed by atoms with Gasteiger partial charge in [0.25, 0.3) is 0 Å². The molecule has 0 saturated carbocycles. The number of hydrogen-bond donors (Lipinski definition) is 1. The molecule has 2 N–H and O–H groups in total. The lowest BCUT2D eigenvalue weighted by Gasteiger charge is -2.24. The number of carbonyl (C=O) groups excluding carboxylic acids is 1. The Morgan fingerprint density at radius 2 is 1.86 bits per heavy atom.